The molecule has 0 radical (unpaired) electrons. The summed E-state index contributed by atoms with van der Waals surface area (Å²) in [5, 5.41) is 9.71. The molecule has 5 nitrogen and oxygen atoms in total. The number of hydrogen-bond donors (Lipinski definition) is 2. The standard InChI is InChI=1S/C13H16ClN3O2S/c14-12-5-4-10(13-11(12)3-1-7-17-13)9-16-6-2-8-20(15,18)19/h1,3-5,7,16H,2,6,8-9H2,(H2,15,18,19). The van der Waals surface area contributed by atoms with Crippen molar-refractivity contribution in [3.63, 3.8) is 0 Å². The Balaban J connectivity index is 1.99. The van der Waals surface area contributed by atoms with Gasteiger partial charge in [0.1, 0.15) is 0 Å². The van der Waals surface area contributed by atoms with Crippen LogP contribution in [-0.4, -0.2) is 25.7 Å². The summed E-state index contributed by atoms with van der Waals surface area (Å²) >= 11 is 6.12. The van der Waals surface area contributed by atoms with Crippen LogP contribution in [0.15, 0.2) is 30.5 Å². The number of nitrogens with one attached hydrogen (secondary N) is 1. The molecule has 0 atom stereocenters. The molecule has 0 saturated carbocycles. The molecular weight excluding hydrogens is 298 g/mol. The van der Waals surface area contributed by atoms with Gasteiger partial charge in [-0.3, -0.25) is 4.98 Å². The van der Waals surface area contributed by atoms with Crippen LogP contribution in [-0.2, 0) is 16.6 Å². The van der Waals surface area contributed by atoms with E-state index in [0.717, 1.165) is 16.5 Å². The van der Waals surface area contributed by atoms with Gasteiger partial charge in [0.05, 0.1) is 11.3 Å². The van der Waals surface area contributed by atoms with E-state index in [1.165, 1.54) is 0 Å². The molecule has 0 bridgehead atoms. The fraction of sp³-hybridized carbons (Fsp3) is 0.308. The maximum Gasteiger partial charge on any atom is 0.209 e. The third-order valence-corrected chi connectivity index (χ3v) is 4.09. The minimum absolute atomic E-state index is 0.0143. The molecule has 0 saturated heterocycles. The van der Waals surface area contributed by atoms with Crippen molar-refractivity contribution < 1.29 is 8.42 Å². The first-order valence-corrected chi connectivity index (χ1v) is 8.30. The molecule has 7 heteroatoms. The predicted octanol–water partition coefficient (Wildman–Crippen LogP) is 1.66. The summed E-state index contributed by atoms with van der Waals surface area (Å²) in [5.74, 6) is -0.0143. The zero-order valence-corrected chi connectivity index (χ0v) is 12.4. The number of aromatic nitrogens is 1. The fourth-order valence-electron chi connectivity index (χ4n) is 1.96. The van der Waals surface area contributed by atoms with E-state index in [0.29, 0.717) is 24.5 Å². The monoisotopic (exact) mass is 313 g/mol. The van der Waals surface area contributed by atoms with Crippen LogP contribution < -0.4 is 10.5 Å². The molecule has 20 heavy (non-hydrogen) atoms. The number of rotatable bonds is 6. The number of benzene rings is 1. The lowest BCUT2D eigenvalue weighted by Gasteiger charge is -2.08. The van der Waals surface area contributed by atoms with Gasteiger partial charge in [0.15, 0.2) is 0 Å². The highest BCUT2D eigenvalue weighted by Crippen LogP contribution is 2.24. The van der Waals surface area contributed by atoms with Crippen molar-refractivity contribution in [1.29, 1.82) is 0 Å². The number of pyridine rings is 1. The molecule has 2 rings (SSSR count). The number of sulfonamides is 1. The van der Waals surface area contributed by atoms with Gasteiger partial charge < -0.3 is 5.32 Å². The lowest BCUT2D eigenvalue weighted by molar-refractivity contribution is 0.590. The first kappa shape index (κ1) is 15.2. The normalized spacial score (nSPS) is 11.9. The number of nitrogens with two attached hydrogens (primary N) is 1. The van der Waals surface area contributed by atoms with Gasteiger partial charge in [-0.05, 0) is 36.7 Å². The summed E-state index contributed by atoms with van der Waals surface area (Å²) in [7, 11) is -3.38. The van der Waals surface area contributed by atoms with Crippen molar-refractivity contribution in [2.24, 2.45) is 5.14 Å². The molecule has 0 spiro atoms. The van der Waals surface area contributed by atoms with E-state index < -0.39 is 10.0 Å². The van der Waals surface area contributed by atoms with Crippen molar-refractivity contribution in [2.45, 2.75) is 13.0 Å². The van der Waals surface area contributed by atoms with Gasteiger partial charge in [-0.15, -0.1) is 0 Å². The predicted molar refractivity (Wildman–Crippen MR) is 81.1 cm³/mol. The Bertz CT molecular complexity index is 704. The molecule has 108 valence electrons. The molecule has 1 heterocycles. The Hall–Kier alpha value is -1.21. The molecule has 0 aliphatic carbocycles. The largest absolute Gasteiger partial charge is 0.313 e. The minimum Gasteiger partial charge on any atom is -0.313 e. The highest BCUT2D eigenvalue weighted by molar-refractivity contribution is 7.89. The van der Waals surface area contributed by atoms with Crippen LogP contribution in [0.2, 0.25) is 5.02 Å². The molecule has 1 aromatic carbocycles. The van der Waals surface area contributed by atoms with Gasteiger partial charge in [-0.1, -0.05) is 17.7 Å². The molecule has 0 unspecified atom stereocenters. The van der Waals surface area contributed by atoms with E-state index in [1.54, 1.807) is 6.20 Å². The molecule has 0 aliphatic rings. The van der Waals surface area contributed by atoms with E-state index in [-0.39, 0.29) is 5.75 Å². The average molecular weight is 314 g/mol. The van der Waals surface area contributed by atoms with E-state index in [4.69, 9.17) is 16.7 Å². The van der Waals surface area contributed by atoms with Crippen LogP contribution in [0, 0.1) is 0 Å². The number of fused-ring (bicyclic) bond motifs is 1. The van der Waals surface area contributed by atoms with Crippen LogP contribution in [0.1, 0.15) is 12.0 Å². The van der Waals surface area contributed by atoms with Crippen molar-refractivity contribution in [1.82, 2.24) is 10.3 Å². The molecule has 1 aromatic heterocycles. The fourth-order valence-corrected chi connectivity index (χ4v) is 2.72. The number of hydrogen-bond acceptors (Lipinski definition) is 4. The third kappa shape index (κ3) is 4.14. The summed E-state index contributed by atoms with van der Waals surface area (Å²) in [4.78, 5) is 4.34. The van der Waals surface area contributed by atoms with Gasteiger partial charge in [0, 0.05) is 23.2 Å². The highest BCUT2D eigenvalue weighted by atomic mass is 35.5. The number of halogens is 1. The molecule has 0 aliphatic heterocycles. The second-order valence-corrected chi connectivity index (χ2v) is 6.64. The van der Waals surface area contributed by atoms with Crippen LogP contribution in [0.25, 0.3) is 10.9 Å². The van der Waals surface area contributed by atoms with E-state index >= 15 is 0 Å². The first-order valence-electron chi connectivity index (χ1n) is 6.21. The summed E-state index contributed by atoms with van der Waals surface area (Å²) in [5.41, 5.74) is 1.89. The SMILES string of the molecule is NS(=O)(=O)CCCNCc1ccc(Cl)c2cccnc12. The van der Waals surface area contributed by atoms with Crippen molar-refractivity contribution >= 4 is 32.5 Å². The highest BCUT2D eigenvalue weighted by Gasteiger charge is 2.06. The van der Waals surface area contributed by atoms with Gasteiger partial charge >= 0.3 is 0 Å². The number of primary sulfonamides is 1. The van der Waals surface area contributed by atoms with Crippen LogP contribution in [0.4, 0.5) is 0 Å². The lowest BCUT2D eigenvalue weighted by atomic mass is 10.1. The smallest absolute Gasteiger partial charge is 0.209 e. The molecule has 3 N–H and O–H groups in total. The summed E-state index contributed by atoms with van der Waals surface area (Å²) in [6.45, 7) is 1.18. The van der Waals surface area contributed by atoms with E-state index in [1.807, 2.05) is 24.3 Å². The van der Waals surface area contributed by atoms with Gasteiger partial charge in [-0.25, -0.2) is 13.6 Å². The van der Waals surface area contributed by atoms with E-state index in [9.17, 15) is 8.42 Å². The lowest BCUT2D eigenvalue weighted by Crippen LogP contribution is -2.22. The van der Waals surface area contributed by atoms with Gasteiger partial charge in [0.25, 0.3) is 0 Å². The van der Waals surface area contributed by atoms with Gasteiger partial charge in [0.2, 0.25) is 10.0 Å². The quantitative estimate of drug-likeness (QED) is 0.794. The second-order valence-electron chi connectivity index (χ2n) is 4.50. The Labute approximate surface area is 123 Å². The summed E-state index contributed by atoms with van der Waals surface area (Å²) < 4.78 is 21.6. The van der Waals surface area contributed by atoms with Crippen LogP contribution in [0.5, 0.6) is 0 Å². The van der Waals surface area contributed by atoms with Crippen LogP contribution >= 0.6 is 11.6 Å². The second kappa shape index (κ2) is 6.49. The maximum absolute atomic E-state index is 10.8. The minimum atomic E-state index is -3.38. The van der Waals surface area contributed by atoms with Crippen molar-refractivity contribution in [2.75, 3.05) is 12.3 Å². The Morgan fingerprint density at radius 3 is 2.85 bits per heavy atom. The van der Waals surface area contributed by atoms with E-state index in [2.05, 4.69) is 10.3 Å². The molecule has 2 aromatic rings. The Kier molecular flexibility index (Phi) is 4.93. The van der Waals surface area contributed by atoms with Crippen LogP contribution in [0.3, 0.4) is 0 Å². The third-order valence-electron chi connectivity index (χ3n) is 2.90. The zero-order chi connectivity index (χ0) is 14.6. The maximum atomic E-state index is 10.8. The Morgan fingerprint density at radius 1 is 1.30 bits per heavy atom. The van der Waals surface area contributed by atoms with Crippen molar-refractivity contribution in [3.8, 4) is 0 Å². The van der Waals surface area contributed by atoms with Gasteiger partial charge in [-0.2, -0.15) is 0 Å². The molecule has 0 fully saturated rings. The van der Waals surface area contributed by atoms with Crippen molar-refractivity contribution in [3.05, 3.63) is 41.0 Å². The topological polar surface area (TPSA) is 85.1 Å². The summed E-state index contributed by atoms with van der Waals surface area (Å²) in [6.07, 6.45) is 2.21. The molecule has 0 amide bonds. The average Bonchev–Trinajstić information content (AvgIpc) is 2.40. The Morgan fingerprint density at radius 2 is 2.10 bits per heavy atom. The molecular formula is C13H16ClN3O2S. The number of nitrogens with zero attached hydrogens (tertiary/aromatic N) is 1. The first-order chi connectivity index (χ1) is 9.47. The summed E-state index contributed by atoms with van der Waals surface area (Å²) in [6, 6.07) is 7.53. The zero-order valence-electron chi connectivity index (χ0n) is 10.8.